The number of esters is 4. The van der Waals surface area contributed by atoms with Crippen LogP contribution < -0.4 is 0 Å². The van der Waals surface area contributed by atoms with Crippen molar-refractivity contribution in [3.8, 4) is 0 Å². The predicted octanol–water partition coefficient (Wildman–Crippen LogP) is 6.82. The second-order valence-corrected chi connectivity index (χ2v) is 15.8. The first kappa shape index (κ1) is 46.1. The summed E-state index contributed by atoms with van der Waals surface area (Å²) in [6.07, 6.45) is -10.5. The van der Waals surface area contributed by atoms with E-state index in [1.807, 2.05) is 30.3 Å². The Morgan fingerprint density at radius 2 is 0.844 bits per heavy atom. The van der Waals surface area contributed by atoms with Crippen molar-refractivity contribution in [2.24, 2.45) is 0 Å². The quantitative estimate of drug-likeness (QED) is 0.0706. The maximum Gasteiger partial charge on any atom is 0.338 e. The first-order valence-corrected chi connectivity index (χ1v) is 21.4. The number of methoxy groups -OCH3 is 3. The van der Waals surface area contributed by atoms with Crippen LogP contribution in [0.2, 0.25) is 0 Å². The fourth-order valence-electron chi connectivity index (χ4n) is 7.39. The molecule has 0 saturated carbocycles. The van der Waals surface area contributed by atoms with Gasteiger partial charge in [-0.2, -0.15) is 0 Å². The SMILES string of the molecule is CO[C@@H]1[C@H](OC)[C@@H](Sc2ccccc2)O[C@H](CO[C@H]2O[C@H](COC(=O)c3ccccc3)[C@@H](OC(=O)c3ccccc3)[C@H](OC(=O)c3ccccc3)[C@@H]2OC(=O)c2ccccc2)[C@H]1OC. The van der Waals surface area contributed by atoms with Crippen LogP contribution in [-0.2, 0) is 47.4 Å². The molecule has 5 aromatic carbocycles. The van der Waals surface area contributed by atoms with Crippen LogP contribution in [0.4, 0.5) is 0 Å². The van der Waals surface area contributed by atoms with Gasteiger partial charge in [-0.3, -0.25) is 0 Å². The molecule has 0 amide bonds. The maximum absolute atomic E-state index is 14.0. The fourth-order valence-corrected chi connectivity index (χ4v) is 8.57. The van der Waals surface area contributed by atoms with Crippen LogP contribution in [0.5, 0.6) is 0 Å². The second-order valence-electron chi connectivity index (χ2n) is 14.6. The van der Waals surface area contributed by atoms with Crippen LogP contribution in [0.3, 0.4) is 0 Å². The zero-order valence-corrected chi connectivity index (χ0v) is 36.1. The Balaban J connectivity index is 1.27. The molecule has 0 radical (unpaired) electrons. The molecular weight excluding hydrogens is 845 g/mol. The number of hydrogen-bond donors (Lipinski definition) is 0. The van der Waals surface area contributed by atoms with Gasteiger partial charge in [-0.25, -0.2) is 19.2 Å². The lowest BCUT2D eigenvalue weighted by atomic mass is 9.97. The molecule has 0 bridgehead atoms. The zero-order chi connectivity index (χ0) is 44.8. The van der Waals surface area contributed by atoms with Crippen molar-refractivity contribution in [2.45, 2.75) is 65.5 Å². The van der Waals surface area contributed by atoms with Gasteiger partial charge in [0.25, 0.3) is 0 Å². The Bertz CT molecular complexity index is 2250. The third-order valence-corrected chi connectivity index (χ3v) is 11.7. The summed E-state index contributed by atoms with van der Waals surface area (Å²) in [5.74, 6) is -3.18. The Morgan fingerprint density at radius 1 is 0.438 bits per heavy atom. The molecule has 0 aromatic heterocycles. The van der Waals surface area contributed by atoms with E-state index in [4.69, 9.17) is 47.4 Å². The van der Waals surface area contributed by atoms with Gasteiger partial charge in [0.05, 0.1) is 28.9 Å². The van der Waals surface area contributed by atoms with E-state index < -0.39 is 91.0 Å². The van der Waals surface area contributed by atoms with Crippen molar-refractivity contribution >= 4 is 35.6 Å². The largest absolute Gasteiger partial charge is 0.459 e. The van der Waals surface area contributed by atoms with E-state index in [0.717, 1.165) is 4.90 Å². The van der Waals surface area contributed by atoms with Crippen molar-refractivity contribution in [3.63, 3.8) is 0 Å². The molecule has 0 aliphatic carbocycles. The molecule has 64 heavy (non-hydrogen) atoms. The van der Waals surface area contributed by atoms with E-state index >= 15 is 0 Å². The van der Waals surface area contributed by atoms with Gasteiger partial charge in [0, 0.05) is 26.2 Å². The summed E-state index contributed by atoms with van der Waals surface area (Å²) in [5, 5.41) is 0. The molecule has 2 heterocycles. The van der Waals surface area contributed by atoms with Gasteiger partial charge in [0.15, 0.2) is 24.6 Å². The van der Waals surface area contributed by atoms with E-state index in [1.54, 1.807) is 136 Å². The molecule has 14 nitrogen and oxygen atoms in total. The topological polar surface area (TPSA) is 161 Å². The van der Waals surface area contributed by atoms with Crippen LogP contribution >= 0.6 is 11.8 Å². The highest BCUT2D eigenvalue weighted by Gasteiger charge is 2.55. The number of thioether (sulfide) groups is 1. The van der Waals surface area contributed by atoms with Crippen molar-refractivity contribution in [1.82, 2.24) is 0 Å². The number of ether oxygens (including phenoxy) is 10. The molecule has 10 atom stereocenters. The number of hydrogen-bond acceptors (Lipinski definition) is 15. The van der Waals surface area contributed by atoms with Crippen molar-refractivity contribution in [3.05, 3.63) is 174 Å². The summed E-state index contributed by atoms with van der Waals surface area (Å²) in [7, 11) is 4.61. The van der Waals surface area contributed by atoms with Gasteiger partial charge >= 0.3 is 23.9 Å². The highest BCUT2D eigenvalue weighted by atomic mass is 32.2. The Kier molecular flexibility index (Phi) is 16.3. The summed E-state index contributed by atoms with van der Waals surface area (Å²) in [6.45, 7) is -0.772. The van der Waals surface area contributed by atoms with Crippen LogP contribution in [0.15, 0.2) is 157 Å². The number of carbonyl (C=O) groups is 4. The molecule has 334 valence electrons. The normalized spacial score (nSPS) is 25.4. The Labute approximate surface area is 374 Å². The lowest BCUT2D eigenvalue weighted by molar-refractivity contribution is -0.310. The predicted molar refractivity (Wildman–Crippen MR) is 232 cm³/mol. The molecule has 7 rings (SSSR count). The first-order chi connectivity index (χ1) is 31.3. The average molecular weight is 893 g/mol. The van der Waals surface area contributed by atoms with Crippen LogP contribution in [-0.4, -0.2) is 119 Å². The molecule has 0 N–H and O–H groups in total. The van der Waals surface area contributed by atoms with E-state index in [2.05, 4.69) is 0 Å². The standard InChI is InChI=1S/C49H48O14S/c1-54-38-36(60-49(43(56-3)40(38)55-2)64-35-27-17-8-18-28-35)30-58-48-42(63-47(53)34-25-15-7-16-26-34)41(62-46(52)33-23-13-6-14-24-33)39(61-45(51)32-21-11-5-12-22-32)37(59-48)29-57-44(50)31-19-9-4-10-20-31/h4-28,36-43,48-49H,29-30H2,1-3H3/t36-,37-,38-,39-,40+,41+,42+,43+,48+,49-/m1/s1. The fraction of sp³-hybridized carbons (Fsp3) is 0.306. The molecule has 0 spiro atoms. The summed E-state index contributed by atoms with van der Waals surface area (Å²) in [4.78, 5) is 56.2. The van der Waals surface area contributed by atoms with Crippen molar-refractivity contribution in [1.29, 1.82) is 0 Å². The molecule has 15 heteroatoms. The van der Waals surface area contributed by atoms with Gasteiger partial charge in [-0.15, -0.1) is 0 Å². The minimum atomic E-state index is -1.61. The van der Waals surface area contributed by atoms with E-state index in [9.17, 15) is 19.2 Å². The van der Waals surface area contributed by atoms with E-state index in [-0.39, 0.29) is 28.9 Å². The summed E-state index contributed by atoms with van der Waals surface area (Å²) < 4.78 is 61.9. The molecule has 2 aliphatic rings. The highest BCUT2D eigenvalue weighted by molar-refractivity contribution is 7.99. The van der Waals surface area contributed by atoms with Crippen LogP contribution in [0, 0.1) is 0 Å². The van der Waals surface area contributed by atoms with Gasteiger partial charge < -0.3 is 47.4 Å². The Hall–Kier alpha value is -5.91. The second kappa shape index (κ2) is 22.6. The summed E-state index contributed by atoms with van der Waals surface area (Å²) >= 11 is 1.42. The molecule has 0 unspecified atom stereocenters. The summed E-state index contributed by atoms with van der Waals surface area (Å²) in [6, 6.07) is 42.3. The van der Waals surface area contributed by atoms with Gasteiger partial charge in [-0.1, -0.05) is 103 Å². The monoisotopic (exact) mass is 892 g/mol. The molecule has 2 saturated heterocycles. The maximum atomic E-state index is 14.0. The minimum absolute atomic E-state index is 0.151. The zero-order valence-electron chi connectivity index (χ0n) is 35.2. The first-order valence-electron chi connectivity index (χ1n) is 20.5. The van der Waals surface area contributed by atoms with E-state index in [0.29, 0.717) is 0 Å². The van der Waals surface area contributed by atoms with Gasteiger partial charge in [-0.05, 0) is 60.7 Å². The molecule has 2 fully saturated rings. The minimum Gasteiger partial charge on any atom is -0.459 e. The highest BCUT2D eigenvalue weighted by Crippen LogP contribution is 2.38. The third-order valence-electron chi connectivity index (χ3n) is 10.6. The lowest BCUT2D eigenvalue weighted by Gasteiger charge is -2.46. The molecule has 2 aliphatic heterocycles. The van der Waals surface area contributed by atoms with Gasteiger partial charge in [0.2, 0.25) is 0 Å². The smallest absolute Gasteiger partial charge is 0.338 e. The number of rotatable bonds is 17. The molecule has 5 aromatic rings. The lowest BCUT2D eigenvalue weighted by Crippen LogP contribution is -2.64. The van der Waals surface area contributed by atoms with Crippen molar-refractivity contribution < 1.29 is 66.5 Å². The number of carbonyl (C=O) groups excluding carboxylic acids is 4. The Morgan fingerprint density at radius 3 is 1.31 bits per heavy atom. The van der Waals surface area contributed by atoms with E-state index in [1.165, 1.54) is 18.9 Å². The van der Waals surface area contributed by atoms with Gasteiger partial charge in [0.1, 0.15) is 42.6 Å². The molecular formula is C49H48O14S. The average Bonchev–Trinajstić information content (AvgIpc) is 3.34. The third kappa shape index (κ3) is 11.4. The van der Waals surface area contributed by atoms with Crippen molar-refractivity contribution in [2.75, 3.05) is 34.5 Å². The van der Waals surface area contributed by atoms with Crippen LogP contribution in [0.25, 0.3) is 0 Å². The summed E-state index contributed by atoms with van der Waals surface area (Å²) in [5.41, 5.74) is 0.115. The number of benzene rings is 5. The van der Waals surface area contributed by atoms with Crippen LogP contribution in [0.1, 0.15) is 41.4 Å².